The van der Waals surface area contributed by atoms with Crippen LogP contribution in [-0.4, -0.2) is 38.6 Å². The summed E-state index contributed by atoms with van der Waals surface area (Å²) in [5.41, 5.74) is 0. The summed E-state index contributed by atoms with van der Waals surface area (Å²) in [5.74, 6) is 1.00. The molecule has 90 valence electrons. The molecule has 2 aromatic rings. The maximum absolute atomic E-state index is 5.86. The van der Waals surface area contributed by atoms with Gasteiger partial charge in [-0.3, -0.25) is 4.68 Å². The maximum atomic E-state index is 5.86. The molecule has 0 saturated heterocycles. The lowest BCUT2D eigenvalue weighted by molar-refractivity contribution is 0.412. The lowest BCUT2D eigenvalue weighted by Crippen LogP contribution is -2.12. The Hall–Kier alpha value is -1.89. The van der Waals surface area contributed by atoms with Crippen molar-refractivity contribution < 1.29 is 4.74 Å². The third-order valence-electron chi connectivity index (χ3n) is 2.07. The van der Waals surface area contributed by atoms with Crippen molar-refractivity contribution in [1.29, 1.82) is 0 Å². The molecule has 0 aliphatic carbocycles. The quantitative estimate of drug-likeness (QED) is 0.797. The summed E-state index contributed by atoms with van der Waals surface area (Å²) in [5, 5.41) is 10.9. The molecule has 0 spiro atoms. The van der Waals surface area contributed by atoms with Gasteiger partial charge in [0.1, 0.15) is 6.33 Å². The Morgan fingerprint density at radius 3 is 3.06 bits per heavy atom. The smallest absolute Gasteiger partial charge is 0.198 e. The van der Waals surface area contributed by atoms with Gasteiger partial charge in [0.05, 0.1) is 19.9 Å². The van der Waals surface area contributed by atoms with Crippen LogP contribution in [0.5, 0.6) is 5.75 Å². The van der Waals surface area contributed by atoms with Crippen molar-refractivity contribution in [3.05, 3.63) is 23.9 Å². The lowest BCUT2D eigenvalue weighted by Gasteiger charge is -2.10. The molecule has 2 heterocycles. The van der Waals surface area contributed by atoms with Gasteiger partial charge >= 0.3 is 0 Å². The molecular weight excluding hydrogens is 244 g/mol. The molecule has 0 atom stereocenters. The van der Waals surface area contributed by atoms with E-state index in [-0.39, 0.29) is 5.15 Å². The minimum absolute atomic E-state index is 0.283. The fourth-order valence-electron chi connectivity index (χ4n) is 1.30. The molecule has 0 aliphatic rings. The predicted molar refractivity (Wildman–Crippen MR) is 62.1 cm³/mol. The number of anilines is 1. The van der Waals surface area contributed by atoms with E-state index in [9.17, 15) is 0 Å². The van der Waals surface area contributed by atoms with Gasteiger partial charge < -0.3 is 10.1 Å². The van der Waals surface area contributed by atoms with Crippen molar-refractivity contribution in [3.8, 4) is 5.75 Å². The molecule has 2 rings (SSSR count). The summed E-state index contributed by atoms with van der Waals surface area (Å²) in [6.45, 7) is 1.30. The van der Waals surface area contributed by atoms with Crippen LogP contribution >= 0.6 is 11.6 Å². The molecule has 0 aromatic carbocycles. The first-order valence-electron chi connectivity index (χ1n) is 4.93. The van der Waals surface area contributed by atoms with Crippen LogP contribution in [-0.2, 0) is 6.54 Å². The van der Waals surface area contributed by atoms with E-state index < -0.39 is 0 Å². The number of aromatic nitrogens is 5. The molecule has 0 aliphatic heterocycles. The van der Waals surface area contributed by atoms with Crippen molar-refractivity contribution in [3.63, 3.8) is 0 Å². The van der Waals surface area contributed by atoms with E-state index in [0.717, 1.165) is 0 Å². The summed E-state index contributed by atoms with van der Waals surface area (Å²) >= 11 is 5.86. The van der Waals surface area contributed by atoms with Crippen LogP contribution in [0.3, 0.4) is 0 Å². The van der Waals surface area contributed by atoms with Crippen molar-refractivity contribution in [1.82, 2.24) is 25.0 Å². The molecule has 0 saturated carbocycles. The third kappa shape index (κ3) is 2.82. The SMILES string of the molecule is COc1c(Cl)ncnc1NCCn1ccnn1. The number of methoxy groups -OCH3 is 1. The standard InChI is InChI=1S/C9H11ClN6O/c1-17-7-8(10)12-6-13-9(7)11-2-4-16-5-3-14-15-16/h3,5-6H,2,4H2,1H3,(H,11,12,13). The Labute approximate surface area is 103 Å². The zero-order chi connectivity index (χ0) is 12.1. The first-order valence-corrected chi connectivity index (χ1v) is 5.31. The first-order chi connectivity index (χ1) is 8.31. The molecule has 1 N–H and O–H groups in total. The molecule has 0 fully saturated rings. The summed E-state index contributed by atoms with van der Waals surface area (Å²) in [6, 6.07) is 0. The summed E-state index contributed by atoms with van der Waals surface area (Å²) in [6.07, 6.45) is 4.79. The average Bonchev–Trinajstić information content (AvgIpc) is 2.82. The number of hydrogen-bond donors (Lipinski definition) is 1. The fourth-order valence-corrected chi connectivity index (χ4v) is 1.51. The molecule has 7 nitrogen and oxygen atoms in total. The van der Waals surface area contributed by atoms with E-state index in [1.54, 1.807) is 17.1 Å². The van der Waals surface area contributed by atoms with Crippen molar-refractivity contribution in [2.75, 3.05) is 19.0 Å². The van der Waals surface area contributed by atoms with Gasteiger partial charge in [-0.1, -0.05) is 16.8 Å². The second-order valence-corrected chi connectivity index (χ2v) is 3.50. The van der Waals surface area contributed by atoms with Crippen LogP contribution in [0.15, 0.2) is 18.7 Å². The van der Waals surface area contributed by atoms with Crippen molar-refractivity contribution >= 4 is 17.4 Å². The Morgan fingerprint density at radius 1 is 1.47 bits per heavy atom. The Kier molecular flexibility index (Phi) is 3.71. The number of ether oxygens (including phenoxy) is 1. The van der Waals surface area contributed by atoms with Gasteiger partial charge in [-0.25, -0.2) is 9.97 Å². The Bertz CT molecular complexity index is 474. The topological polar surface area (TPSA) is 77.8 Å². The molecule has 17 heavy (non-hydrogen) atoms. The van der Waals surface area contributed by atoms with Crippen LogP contribution in [0.1, 0.15) is 0 Å². The first kappa shape index (κ1) is 11.6. The van der Waals surface area contributed by atoms with Crippen molar-refractivity contribution in [2.45, 2.75) is 6.54 Å². The summed E-state index contributed by atoms with van der Waals surface area (Å²) in [7, 11) is 1.52. The van der Waals surface area contributed by atoms with E-state index in [0.29, 0.717) is 24.7 Å². The molecular formula is C9H11ClN6O. The molecule has 0 bridgehead atoms. The number of rotatable bonds is 5. The molecule has 0 unspecified atom stereocenters. The highest BCUT2D eigenvalue weighted by Crippen LogP contribution is 2.27. The zero-order valence-electron chi connectivity index (χ0n) is 9.17. The minimum Gasteiger partial charge on any atom is -0.490 e. The highest BCUT2D eigenvalue weighted by Gasteiger charge is 2.09. The molecule has 8 heteroatoms. The van der Waals surface area contributed by atoms with Crippen LogP contribution in [0, 0.1) is 0 Å². The van der Waals surface area contributed by atoms with Crippen LogP contribution < -0.4 is 10.1 Å². The van der Waals surface area contributed by atoms with Gasteiger partial charge in [-0.05, 0) is 0 Å². The minimum atomic E-state index is 0.283. The van der Waals surface area contributed by atoms with E-state index in [2.05, 4.69) is 25.6 Å². The Balaban J connectivity index is 1.97. The molecule has 0 amide bonds. The van der Waals surface area contributed by atoms with E-state index in [1.807, 2.05) is 0 Å². The van der Waals surface area contributed by atoms with E-state index in [4.69, 9.17) is 16.3 Å². The largest absolute Gasteiger partial charge is 0.490 e. The third-order valence-corrected chi connectivity index (χ3v) is 2.34. The number of hydrogen-bond acceptors (Lipinski definition) is 6. The van der Waals surface area contributed by atoms with Gasteiger partial charge in [-0.15, -0.1) is 5.10 Å². The van der Waals surface area contributed by atoms with Gasteiger partial charge in [0, 0.05) is 12.7 Å². The molecule has 0 radical (unpaired) electrons. The zero-order valence-corrected chi connectivity index (χ0v) is 9.92. The highest BCUT2D eigenvalue weighted by atomic mass is 35.5. The van der Waals surface area contributed by atoms with Crippen LogP contribution in [0.25, 0.3) is 0 Å². The van der Waals surface area contributed by atoms with Gasteiger partial charge in [0.25, 0.3) is 0 Å². The van der Waals surface area contributed by atoms with Crippen LogP contribution in [0.2, 0.25) is 5.15 Å². The summed E-state index contributed by atoms with van der Waals surface area (Å²) in [4.78, 5) is 7.88. The highest BCUT2D eigenvalue weighted by molar-refractivity contribution is 6.31. The average molecular weight is 255 g/mol. The van der Waals surface area contributed by atoms with Crippen molar-refractivity contribution in [2.24, 2.45) is 0 Å². The fraction of sp³-hybridized carbons (Fsp3) is 0.333. The lowest BCUT2D eigenvalue weighted by atomic mass is 10.5. The Morgan fingerprint density at radius 2 is 2.35 bits per heavy atom. The van der Waals surface area contributed by atoms with E-state index >= 15 is 0 Å². The number of nitrogens with one attached hydrogen (secondary N) is 1. The maximum Gasteiger partial charge on any atom is 0.198 e. The van der Waals surface area contributed by atoms with E-state index in [1.165, 1.54) is 13.4 Å². The second-order valence-electron chi connectivity index (χ2n) is 3.14. The van der Waals surface area contributed by atoms with Gasteiger partial charge in [0.2, 0.25) is 0 Å². The second kappa shape index (κ2) is 5.44. The predicted octanol–water partition coefficient (Wildman–Crippen LogP) is 0.842. The monoisotopic (exact) mass is 254 g/mol. The van der Waals surface area contributed by atoms with Crippen LogP contribution in [0.4, 0.5) is 5.82 Å². The summed E-state index contributed by atoms with van der Waals surface area (Å²) < 4.78 is 6.82. The molecule has 2 aromatic heterocycles. The van der Waals surface area contributed by atoms with Gasteiger partial charge in [0.15, 0.2) is 16.7 Å². The number of halogens is 1. The van der Waals surface area contributed by atoms with Gasteiger partial charge in [-0.2, -0.15) is 0 Å². The number of nitrogens with zero attached hydrogens (tertiary/aromatic N) is 5. The normalized spacial score (nSPS) is 10.2.